The van der Waals surface area contributed by atoms with Crippen LogP contribution in [0.3, 0.4) is 0 Å². The summed E-state index contributed by atoms with van der Waals surface area (Å²) in [6, 6.07) is 0. The van der Waals surface area contributed by atoms with E-state index in [0.29, 0.717) is 0 Å². The molecule has 0 N–H and O–H groups in total. The summed E-state index contributed by atoms with van der Waals surface area (Å²) in [7, 11) is 0. The quantitative estimate of drug-likeness (QED) is 0.589. The molecule has 1 rings (SSSR count). The Morgan fingerprint density at radius 3 is 2.77 bits per heavy atom. The van der Waals surface area contributed by atoms with Crippen LogP contribution in [0.5, 0.6) is 0 Å². The van der Waals surface area contributed by atoms with Crippen molar-refractivity contribution in [1.82, 2.24) is 0 Å². The maximum Gasteiger partial charge on any atom is 0.334 e. The van der Waals surface area contributed by atoms with E-state index in [0.717, 1.165) is 24.8 Å². The molecular weight excluding hydrogens is 300 g/mol. The minimum Gasteiger partial charge on any atom is -0.453 e. The van der Waals surface area contributed by atoms with Crippen molar-refractivity contribution in [3.05, 3.63) is 11.6 Å². The van der Waals surface area contributed by atoms with Crippen molar-refractivity contribution in [1.29, 1.82) is 0 Å². The van der Waals surface area contributed by atoms with Crippen LogP contribution in [0.15, 0.2) is 11.6 Å². The molecule has 13 heavy (non-hydrogen) atoms. The molecule has 0 spiro atoms. The van der Waals surface area contributed by atoms with Crippen LogP contribution in [0, 0.1) is 0 Å². The van der Waals surface area contributed by atoms with Gasteiger partial charge in [-0.3, -0.25) is 0 Å². The maximum absolute atomic E-state index is 11.3. The van der Waals surface area contributed by atoms with Gasteiger partial charge in [0.25, 0.3) is 0 Å². The summed E-state index contributed by atoms with van der Waals surface area (Å²) >= 11 is 6.64. The molecule has 0 aliphatic carbocycles. The van der Waals surface area contributed by atoms with Gasteiger partial charge in [-0.25, -0.2) is 4.79 Å². The average molecular weight is 312 g/mol. The smallest absolute Gasteiger partial charge is 0.334 e. The molecule has 1 aliphatic rings. The highest BCUT2D eigenvalue weighted by molar-refractivity contribution is 9.24. The first kappa shape index (κ1) is 11.2. The van der Waals surface area contributed by atoms with Crippen LogP contribution >= 0.6 is 31.9 Å². The summed E-state index contributed by atoms with van der Waals surface area (Å²) < 4.78 is 5.12. The van der Waals surface area contributed by atoms with Gasteiger partial charge in [0.05, 0.1) is 0 Å². The molecule has 0 amide bonds. The predicted molar refractivity (Wildman–Crippen MR) is 59.1 cm³/mol. The van der Waals surface area contributed by atoms with Gasteiger partial charge in [0, 0.05) is 5.57 Å². The van der Waals surface area contributed by atoms with Crippen molar-refractivity contribution in [2.24, 2.45) is 0 Å². The largest absolute Gasteiger partial charge is 0.453 e. The van der Waals surface area contributed by atoms with E-state index in [1.165, 1.54) is 0 Å². The zero-order valence-electron chi connectivity index (χ0n) is 7.43. The van der Waals surface area contributed by atoms with E-state index in [1.54, 1.807) is 0 Å². The average Bonchev–Trinajstić information content (AvgIpc) is 2.44. The van der Waals surface area contributed by atoms with Gasteiger partial charge < -0.3 is 4.74 Å². The molecule has 0 radical (unpaired) electrons. The molecule has 1 aliphatic heterocycles. The van der Waals surface area contributed by atoms with Crippen LogP contribution in [0.25, 0.3) is 0 Å². The van der Waals surface area contributed by atoms with E-state index in [9.17, 15) is 4.79 Å². The van der Waals surface area contributed by atoms with E-state index in [2.05, 4.69) is 38.8 Å². The number of hydrogen-bond donors (Lipinski definition) is 0. The Morgan fingerprint density at radius 2 is 2.31 bits per heavy atom. The number of rotatable bonds is 4. The molecule has 0 saturated heterocycles. The number of alkyl halides is 2. The third-order valence-electron chi connectivity index (χ3n) is 1.92. The number of ether oxygens (including phenoxy) is 1. The Hall–Kier alpha value is 0.170. The number of halogens is 2. The number of cyclic esters (lactones) is 1. The highest BCUT2D eigenvalue weighted by atomic mass is 79.9. The second-order valence-electron chi connectivity index (χ2n) is 3.00. The van der Waals surface area contributed by atoms with Gasteiger partial charge in [0.2, 0.25) is 0 Å². The predicted octanol–water partition coefficient (Wildman–Crippen LogP) is 3.14. The van der Waals surface area contributed by atoms with Crippen LogP contribution in [0.4, 0.5) is 0 Å². The Kier molecular flexibility index (Phi) is 4.46. The lowest BCUT2D eigenvalue weighted by Crippen LogP contribution is -2.14. The van der Waals surface area contributed by atoms with Gasteiger partial charge in [-0.15, -0.1) is 0 Å². The Bertz CT molecular complexity index is 224. The lowest BCUT2D eigenvalue weighted by Gasteiger charge is -2.07. The second kappa shape index (κ2) is 5.15. The van der Waals surface area contributed by atoms with E-state index in [-0.39, 0.29) is 15.8 Å². The third-order valence-corrected chi connectivity index (χ3v) is 2.96. The van der Waals surface area contributed by atoms with Crippen LogP contribution in [-0.2, 0) is 9.53 Å². The first-order valence-electron chi connectivity index (χ1n) is 4.35. The summed E-state index contributed by atoms with van der Waals surface area (Å²) in [4.78, 5) is 11.3. The number of hydrogen-bond acceptors (Lipinski definition) is 2. The van der Waals surface area contributed by atoms with Gasteiger partial charge in [-0.05, 0) is 18.9 Å². The third kappa shape index (κ3) is 3.09. The lowest BCUT2D eigenvalue weighted by molar-refractivity contribution is -0.139. The van der Waals surface area contributed by atoms with Crippen LogP contribution in [0.1, 0.15) is 26.2 Å². The number of carbonyl (C=O) groups excluding carboxylic acids is 1. The molecular formula is C9H12Br2O2. The zero-order valence-corrected chi connectivity index (χ0v) is 10.6. The summed E-state index contributed by atoms with van der Waals surface area (Å²) in [6.07, 6.45) is 4.72. The molecule has 0 bridgehead atoms. The van der Waals surface area contributed by atoms with Crippen molar-refractivity contribution in [3.63, 3.8) is 0 Å². The van der Waals surface area contributed by atoms with Gasteiger partial charge in [0.1, 0.15) is 9.84 Å². The minimum absolute atomic E-state index is 0.0167. The summed E-state index contributed by atoms with van der Waals surface area (Å²) in [5, 5.41) is 0. The number of unbranched alkanes of at least 4 members (excludes halogenated alkanes) is 1. The molecule has 4 heteroatoms. The van der Waals surface area contributed by atoms with Crippen LogP contribution in [-0.4, -0.2) is 15.8 Å². The van der Waals surface area contributed by atoms with Crippen molar-refractivity contribution >= 4 is 37.8 Å². The fourth-order valence-electron chi connectivity index (χ4n) is 1.18. The van der Waals surface area contributed by atoms with Crippen LogP contribution in [0.2, 0.25) is 0 Å². The molecule has 0 aromatic rings. The van der Waals surface area contributed by atoms with Gasteiger partial charge in [-0.2, -0.15) is 0 Å². The maximum atomic E-state index is 11.3. The molecule has 1 unspecified atom stereocenters. The Morgan fingerprint density at radius 1 is 1.62 bits per heavy atom. The highest BCUT2D eigenvalue weighted by Crippen LogP contribution is 2.26. The monoisotopic (exact) mass is 310 g/mol. The van der Waals surface area contributed by atoms with E-state index < -0.39 is 0 Å². The van der Waals surface area contributed by atoms with Crippen molar-refractivity contribution in [2.45, 2.75) is 36.0 Å². The van der Waals surface area contributed by atoms with E-state index >= 15 is 0 Å². The van der Waals surface area contributed by atoms with E-state index in [4.69, 9.17) is 4.74 Å². The molecule has 0 aromatic carbocycles. The topological polar surface area (TPSA) is 26.3 Å². The SMILES string of the molecule is CCCCC1=CC(C(Br)Br)OC1=O. The fourth-order valence-corrected chi connectivity index (χ4v) is 1.70. The number of carbonyl (C=O) groups is 1. The van der Waals surface area contributed by atoms with Crippen molar-refractivity contribution in [2.75, 3.05) is 0 Å². The Balaban J connectivity index is 2.52. The first-order chi connectivity index (χ1) is 6.15. The summed E-state index contributed by atoms with van der Waals surface area (Å²) in [6.45, 7) is 2.11. The summed E-state index contributed by atoms with van der Waals surface area (Å²) in [5.74, 6) is -0.164. The van der Waals surface area contributed by atoms with Crippen molar-refractivity contribution in [3.8, 4) is 0 Å². The van der Waals surface area contributed by atoms with Crippen molar-refractivity contribution < 1.29 is 9.53 Å². The molecule has 0 aromatic heterocycles. The molecule has 2 nitrogen and oxygen atoms in total. The summed E-state index contributed by atoms with van der Waals surface area (Å²) in [5.41, 5.74) is 0.816. The van der Waals surface area contributed by atoms with Gasteiger partial charge in [-0.1, -0.05) is 45.2 Å². The lowest BCUT2D eigenvalue weighted by atomic mass is 10.1. The van der Waals surface area contributed by atoms with Gasteiger partial charge >= 0.3 is 5.97 Å². The van der Waals surface area contributed by atoms with E-state index in [1.807, 2.05) is 6.08 Å². The zero-order chi connectivity index (χ0) is 9.84. The first-order valence-corrected chi connectivity index (χ1v) is 6.18. The highest BCUT2D eigenvalue weighted by Gasteiger charge is 2.28. The number of esters is 1. The molecule has 74 valence electrons. The fraction of sp³-hybridized carbons (Fsp3) is 0.667. The molecule has 1 atom stereocenters. The van der Waals surface area contributed by atoms with Gasteiger partial charge in [0.15, 0.2) is 0 Å². The molecule has 0 fully saturated rings. The molecule has 1 heterocycles. The standard InChI is InChI=1S/C9H12Br2O2/c1-2-3-4-6-5-7(8(10)11)13-9(6)12/h5,7-8H,2-4H2,1H3. The second-order valence-corrected chi connectivity index (χ2v) is 6.20. The Labute approximate surface area is 95.0 Å². The normalized spacial score (nSPS) is 22.0. The minimum atomic E-state index is -0.164. The molecule has 0 saturated carbocycles. The van der Waals surface area contributed by atoms with Crippen LogP contribution < -0.4 is 0 Å².